The van der Waals surface area contributed by atoms with Crippen LogP contribution in [0.4, 0.5) is 5.69 Å². The maximum atomic E-state index is 12.5. The first kappa shape index (κ1) is 18.1. The SMILES string of the molecule is CC(=O)N1CCNC(C(=O)Nc2cccc(CCc3ccccn3)c2)C1. The van der Waals surface area contributed by atoms with Crippen molar-refractivity contribution in [3.8, 4) is 0 Å². The average molecular weight is 352 g/mol. The van der Waals surface area contributed by atoms with Gasteiger partial charge in [-0.2, -0.15) is 0 Å². The number of amides is 2. The van der Waals surface area contributed by atoms with Gasteiger partial charge in [0.25, 0.3) is 0 Å². The van der Waals surface area contributed by atoms with Gasteiger partial charge in [-0.05, 0) is 42.7 Å². The molecule has 136 valence electrons. The third-order valence-electron chi connectivity index (χ3n) is 4.53. The van der Waals surface area contributed by atoms with Crippen molar-refractivity contribution in [3.63, 3.8) is 0 Å². The van der Waals surface area contributed by atoms with E-state index in [9.17, 15) is 9.59 Å². The summed E-state index contributed by atoms with van der Waals surface area (Å²) < 4.78 is 0. The molecule has 6 nitrogen and oxygen atoms in total. The number of nitrogens with one attached hydrogen (secondary N) is 2. The zero-order valence-electron chi connectivity index (χ0n) is 14.9. The van der Waals surface area contributed by atoms with E-state index in [1.165, 1.54) is 6.92 Å². The Balaban J connectivity index is 1.57. The van der Waals surface area contributed by atoms with Crippen molar-refractivity contribution in [2.45, 2.75) is 25.8 Å². The highest BCUT2D eigenvalue weighted by molar-refractivity contribution is 5.95. The van der Waals surface area contributed by atoms with Crippen molar-refractivity contribution in [2.75, 3.05) is 25.0 Å². The molecule has 2 heterocycles. The molecule has 0 saturated carbocycles. The monoisotopic (exact) mass is 352 g/mol. The average Bonchev–Trinajstić information content (AvgIpc) is 2.67. The van der Waals surface area contributed by atoms with Gasteiger partial charge in [-0.3, -0.25) is 14.6 Å². The van der Waals surface area contributed by atoms with Crippen LogP contribution in [0.5, 0.6) is 0 Å². The first-order valence-corrected chi connectivity index (χ1v) is 8.90. The maximum absolute atomic E-state index is 12.5. The van der Waals surface area contributed by atoms with Gasteiger partial charge in [0.2, 0.25) is 11.8 Å². The lowest BCUT2D eigenvalue weighted by Gasteiger charge is -2.32. The molecule has 2 N–H and O–H groups in total. The summed E-state index contributed by atoms with van der Waals surface area (Å²) in [5, 5.41) is 6.13. The van der Waals surface area contributed by atoms with Crippen LogP contribution in [0, 0.1) is 0 Å². The summed E-state index contributed by atoms with van der Waals surface area (Å²) in [4.78, 5) is 30.1. The summed E-state index contributed by atoms with van der Waals surface area (Å²) in [7, 11) is 0. The minimum absolute atomic E-state index is 0.000758. The maximum Gasteiger partial charge on any atom is 0.243 e. The summed E-state index contributed by atoms with van der Waals surface area (Å²) in [6.07, 6.45) is 3.52. The molecule has 26 heavy (non-hydrogen) atoms. The second kappa shape index (κ2) is 8.58. The predicted octanol–water partition coefficient (Wildman–Crippen LogP) is 1.63. The van der Waals surface area contributed by atoms with E-state index in [-0.39, 0.29) is 17.9 Å². The lowest BCUT2D eigenvalue weighted by Crippen LogP contribution is -2.56. The Labute approximate surface area is 153 Å². The van der Waals surface area contributed by atoms with Crippen LogP contribution in [0.25, 0.3) is 0 Å². The van der Waals surface area contributed by atoms with Gasteiger partial charge in [0, 0.05) is 44.1 Å². The van der Waals surface area contributed by atoms with Gasteiger partial charge in [-0.25, -0.2) is 0 Å². The van der Waals surface area contributed by atoms with Crippen molar-refractivity contribution >= 4 is 17.5 Å². The standard InChI is InChI=1S/C20H24N4O2/c1-15(25)24-12-11-22-19(14-24)20(26)23-18-7-4-5-16(13-18)8-9-17-6-2-3-10-21-17/h2-7,10,13,19,22H,8-9,11-12,14H2,1H3,(H,23,26). The Morgan fingerprint density at radius 2 is 2.12 bits per heavy atom. The first-order valence-electron chi connectivity index (χ1n) is 8.90. The lowest BCUT2D eigenvalue weighted by atomic mass is 10.1. The molecule has 0 bridgehead atoms. The Hall–Kier alpha value is -2.73. The molecular formula is C20H24N4O2. The molecule has 0 aliphatic carbocycles. The number of carbonyl (C=O) groups is 2. The molecule has 1 aliphatic heterocycles. The number of nitrogens with zero attached hydrogens (tertiary/aromatic N) is 2. The molecule has 2 amide bonds. The molecule has 1 aliphatic rings. The van der Waals surface area contributed by atoms with E-state index in [0.29, 0.717) is 19.6 Å². The third-order valence-corrected chi connectivity index (χ3v) is 4.53. The number of rotatable bonds is 5. The lowest BCUT2D eigenvalue weighted by molar-refractivity contribution is -0.131. The molecule has 3 rings (SSSR count). The largest absolute Gasteiger partial charge is 0.340 e. The summed E-state index contributed by atoms with van der Waals surface area (Å²) in [6, 6.07) is 13.4. The van der Waals surface area contributed by atoms with E-state index in [1.807, 2.05) is 36.4 Å². The van der Waals surface area contributed by atoms with Crippen LogP contribution in [0.3, 0.4) is 0 Å². The number of pyridine rings is 1. The highest BCUT2D eigenvalue weighted by Crippen LogP contribution is 2.14. The van der Waals surface area contributed by atoms with Crippen LogP contribution < -0.4 is 10.6 Å². The molecular weight excluding hydrogens is 328 g/mol. The van der Waals surface area contributed by atoms with Crippen molar-refractivity contribution in [2.24, 2.45) is 0 Å². The van der Waals surface area contributed by atoms with E-state index in [0.717, 1.165) is 29.8 Å². The fourth-order valence-electron chi connectivity index (χ4n) is 3.06. The van der Waals surface area contributed by atoms with E-state index in [2.05, 4.69) is 21.7 Å². The number of hydrogen-bond donors (Lipinski definition) is 2. The van der Waals surface area contributed by atoms with Crippen LogP contribution in [-0.4, -0.2) is 47.4 Å². The molecule has 1 atom stereocenters. The number of benzene rings is 1. The smallest absolute Gasteiger partial charge is 0.243 e. The number of aryl methyl sites for hydroxylation is 2. The molecule has 1 fully saturated rings. The van der Waals surface area contributed by atoms with Gasteiger partial charge in [0.05, 0.1) is 0 Å². The van der Waals surface area contributed by atoms with Gasteiger partial charge >= 0.3 is 0 Å². The summed E-state index contributed by atoms with van der Waals surface area (Å²) >= 11 is 0. The van der Waals surface area contributed by atoms with Crippen LogP contribution in [0.2, 0.25) is 0 Å². The van der Waals surface area contributed by atoms with Crippen molar-refractivity contribution in [3.05, 3.63) is 59.9 Å². The Morgan fingerprint density at radius 1 is 1.23 bits per heavy atom. The van der Waals surface area contributed by atoms with Gasteiger partial charge < -0.3 is 15.5 Å². The highest BCUT2D eigenvalue weighted by Gasteiger charge is 2.26. The van der Waals surface area contributed by atoms with Gasteiger partial charge in [0.15, 0.2) is 0 Å². The number of aromatic nitrogens is 1. The highest BCUT2D eigenvalue weighted by atomic mass is 16.2. The minimum atomic E-state index is -0.384. The zero-order valence-corrected chi connectivity index (χ0v) is 14.9. The molecule has 1 aromatic heterocycles. The molecule has 1 saturated heterocycles. The summed E-state index contributed by atoms with van der Waals surface area (Å²) in [6.45, 7) is 3.20. The molecule has 6 heteroatoms. The first-order chi connectivity index (χ1) is 12.6. The molecule has 0 radical (unpaired) electrons. The Kier molecular flexibility index (Phi) is 5.96. The van der Waals surface area contributed by atoms with Gasteiger partial charge in [-0.15, -0.1) is 0 Å². The third kappa shape index (κ3) is 4.89. The fourth-order valence-corrected chi connectivity index (χ4v) is 3.06. The predicted molar refractivity (Wildman–Crippen MR) is 101 cm³/mol. The van der Waals surface area contributed by atoms with E-state index >= 15 is 0 Å². The van der Waals surface area contributed by atoms with Crippen molar-refractivity contribution < 1.29 is 9.59 Å². The quantitative estimate of drug-likeness (QED) is 0.858. The van der Waals surface area contributed by atoms with E-state index < -0.39 is 0 Å². The number of carbonyl (C=O) groups excluding carboxylic acids is 2. The van der Waals surface area contributed by atoms with E-state index in [1.54, 1.807) is 11.1 Å². The second-order valence-electron chi connectivity index (χ2n) is 6.48. The summed E-state index contributed by atoms with van der Waals surface area (Å²) in [5.74, 6) is -0.112. The molecule has 2 aromatic rings. The summed E-state index contributed by atoms with van der Waals surface area (Å²) in [5.41, 5.74) is 2.98. The van der Waals surface area contributed by atoms with Gasteiger partial charge in [0.1, 0.15) is 6.04 Å². The van der Waals surface area contributed by atoms with Crippen molar-refractivity contribution in [1.82, 2.24) is 15.2 Å². The molecule has 1 aromatic carbocycles. The Bertz CT molecular complexity index is 763. The topological polar surface area (TPSA) is 74.3 Å². The normalized spacial score (nSPS) is 17.0. The second-order valence-corrected chi connectivity index (χ2v) is 6.48. The van der Waals surface area contributed by atoms with Gasteiger partial charge in [-0.1, -0.05) is 18.2 Å². The minimum Gasteiger partial charge on any atom is -0.340 e. The number of hydrogen-bond acceptors (Lipinski definition) is 4. The molecule has 0 spiro atoms. The van der Waals surface area contributed by atoms with E-state index in [4.69, 9.17) is 0 Å². The zero-order chi connectivity index (χ0) is 18.4. The number of anilines is 1. The fraction of sp³-hybridized carbons (Fsp3) is 0.350. The molecule has 1 unspecified atom stereocenters. The van der Waals surface area contributed by atoms with Crippen molar-refractivity contribution in [1.29, 1.82) is 0 Å². The Morgan fingerprint density at radius 3 is 2.88 bits per heavy atom. The van der Waals surface area contributed by atoms with Crippen LogP contribution in [-0.2, 0) is 22.4 Å². The van der Waals surface area contributed by atoms with Crippen LogP contribution >= 0.6 is 0 Å². The number of piperazine rings is 1. The van der Waals surface area contributed by atoms with Crippen LogP contribution in [0.1, 0.15) is 18.2 Å². The van der Waals surface area contributed by atoms with Crippen LogP contribution in [0.15, 0.2) is 48.7 Å².